The number of rotatable bonds is 7. The minimum absolute atomic E-state index is 0.0203. The second-order valence-corrected chi connectivity index (χ2v) is 7.03. The first-order chi connectivity index (χ1) is 11.7. The molecule has 1 aromatic carbocycles. The van der Waals surface area contributed by atoms with E-state index in [0.717, 1.165) is 16.2 Å². The van der Waals surface area contributed by atoms with Gasteiger partial charge in [0, 0.05) is 11.4 Å². The van der Waals surface area contributed by atoms with Gasteiger partial charge in [-0.05, 0) is 58.8 Å². The lowest BCUT2D eigenvalue weighted by Crippen LogP contribution is -2.31. The van der Waals surface area contributed by atoms with Crippen LogP contribution in [0.1, 0.15) is 11.3 Å². The summed E-state index contributed by atoms with van der Waals surface area (Å²) < 4.78 is 18.3. The normalized spacial score (nSPS) is 10.7. The average Bonchev–Trinajstić information content (AvgIpc) is 3.27. The van der Waals surface area contributed by atoms with E-state index in [1.54, 1.807) is 34.6 Å². The van der Waals surface area contributed by atoms with Crippen LogP contribution in [0.25, 0.3) is 0 Å². The van der Waals surface area contributed by atoms with Crippen LogP contribution in [0.15, 0.2) is 68.8 Å². The fraction of sp³-hybridized carbons (Fsp3) is 0.167. The largest absolute Gasteiger partial charge is 0.467 e. The molecule has 24 heavy (non-hydrogen) atoms. The Hall–Kier alpha value is -2.05. The third-order valence-corrected chi connectivity index (χ3v) is 5.14. The van der Waals surface area contributed by atoms with Gasteiger partial charge in [0.05, 0.1) is 18.6 Å². The van der Waals surface area contributed by atoms with Gasteiger partial charge in [0.25, 0.3) is 0 Å². The Labute approximate surface area is 148 Å². The quantitative estimate of drug-likeness (QED) is 0.567. The van der Waals surface area contributed by atoms with Gasteiger partial charge in [-0.2, -0.15) is 11.3 Å². The van der Waals surface area contributed by atoms with Crippen molar-refractivity contribution in [1.29, 1.82) is 0 Å². The number of thiophene rings is 1. The number of nitrogens with zero attached hydrogens (tertiary/aromatic N) is 1. The van der Waals surface area contributed by atoms with Crippen LogP contribution in [-0.4, -0.2) is 16.6 Å². The molecule has 1 amide bonds. The van der Waals surface area contributed by atoms with E-state index in [0.29, 0.717) is 18.8 Å². The lowest BCUT2D eigenvalue weighted by Gasteiger charge is -2.21. The number of halogens is 1. The van der Waals surface area contributed by atoms with Gasteiger partial charge in [-0.15, -0.1) is 11.8 Å². The first kappa shape index (κ1) is 16.8. The molecule has 2 aromatic heterocycles. The maximum atomic E-state index is 12.9. The summed E-state index contributed by atoms with van der Waals surface area (Å²) in [6.07, 6.45) is 1.61. The number of carbonyl (C=O) groups is 1. The Morgan fingerprint density at radius 1 is 1.17 bits per heavy atom. The van der Waals surface area contributed by atoms with Crippen molar-refractivity contribution in [3.8, 4) is 0 Å². The molecule has 0 spiro atoms. The number of hydrogen-bond acceptors (Lipinski definition) is 4. The molecule has 3 nitrogen and oxygen atoms in total. The van der Waals surface area contributed by atoms with Crippen LogP contribution in [0.5, 0.6) is 0 Å². The third-order valence-electron chi connectivity index (χ3n) is 3.41. The van der Waals surface area contributed by atoms with Gasteiger partial charge in [-0.25, -0.2) is 4.39 Å². The van der Waals surface area contributed by atoms with Crippen LogP contribution >= 0.6 is 23.1 Å². The van der Waals surface area contributed by atoms with E-state index in [2.05, 4.69) is 0 Å². The maximum Gasteiger partial charge on any atom is 0.233 e. The molecule has 0 bridgehead atoms. The van der Waals surface area contributed by atoms with Crippen molar-refractivity contribution < 1.29 is 13.6 Å². The van der Waals surface area contributed by atoms with Crippen molar-refractivity contribution in [3.05, 3.63) is 76.6 Å². The zero-order valence-electron chi connectivity index (χ0n) is 12.9. The molecule has 0 saturated carbocycles. The molecule has 124 valence electrons. The lowest BCUT2D eigenvalue weighted by molar-refractivity contribution is -0.129. The molecule has 2 heterocycles. The highest BCUT2D eigenvalue weighted by molar-refractivity contribution is 8.00. The summed E-state index contributed by atoms with van der Waals surface area (Å²) in [7, 11) is 0. The number of amides is 1. The number of carbonyl (C=O) groups excluding carboxylic acids is 1. The minimum Gasteiger partial charge on any atom is -0.467 e. The van der Waals surface area contributed by atoms with Gasteiger partial charge in [-0.3, -0.25) is 4.79 Å². The van der Waals surface area contributed by atoms with E-state index in [9.17, 15) is 9.18 Å². The molecule has 0 N–H and O–H groups in total. The highest BCUT2D eigenvalue weighted by Gasteiger charge is 2.16. The predicted molar refractivity (Wildman–Crippen MR) is 94.4 cm³/mol. The standard InChI is InChI=1S/C18H16FNO2S2/c19-15-3-5-17(6-4-15)24-13-18(21)20(10-14-7-9-23-12-14)11-16-2-1-8-22-16/h1-9,12H,10-11,13H2. The van der Waals surface area contributed by atoms with Crippen LogP contribution in [0.3, 0.4) is 0 Å². The molecule has 3 rings (SSSR count). The van der Waals surface area contributed by atoms with Crippen LogP contribution in [-0.2, 0) is 17.9 Å². The maximum absolute atomic E-state index is 12.9. The summed E-state index contributed by atoms with van der Waals surface area (Å²) in [5.41, 5.74) is 1.10. The van der Waals surface area contributed by atoms with Crippen LogP contribution < -0.4 is 0 Å². The van der Waals surface area contributed by atoms with Gasteiger partial charge in [-0.1, -0.05) is 0 Å². The summed E-state index contributed by atoms with van der Waals surface area (Å²) in [5, 5.41) is 4.04. The molecule has 0 aliphatic heterocycles. The Morgan fingerprint density at radius 3 is 2.67 bits per heavy atom. The molecule has 0 atom stereocenters. The minimum atomic E-state index is -0.275. The molecular formula is C18H16FNO2S2. The number of thioether (sulfide) groups is 1. The smallest absolute Gasteiger partial charge is 0.233 e. The topological polar surface area (TPSA) is 33.5 Å². The summed E-state index contributed by atoms with van der Waals surface area (Å²) in [6, 6.07) is 11.9. The van der Waals surface area contributed by atoms with E-state index in [1.165, 1.54) is 23.9 Å². The highest BCUT2D eigenvalue weighted by Crippen LogP contribution is 2.20. The Balaban J connectivity index is 1.64. The molecule has 6 heteroatoms. The predicted octanol–water partition coefficient (Wildman–Crippen LogP) is 4.80. The fourth-order valence-corrected chi connectivity index (χ4v) is 3.65. The summed E-state index contributed by atoms with van der Waals surface area (Å²) in [6.45, 7) is 0.985. The van der Waals surface area contributed by atoms with Crippen molar-refractivity contribution in [1.82, 2.24) is 4.90 Å². The van der Waals surface area contributed by atoms with Gasteiger partial charge in [0.2, 0.25) is 5.91 Å². The van der Waals surface area contributed by atoms with Crippen molar-refractivity contribution in [3.63, 3.8) is 0 Å². The molecule has 0 fully saturated rings. The van der Waals surface area contributed by atoms with Crippen molar-refractivity contribution in [2.24, 2.45) is 0 Å². The Kier molecular flexibility index (Phi) is 5.72. The van der Waals surface area contributed by atoms with E-state index in [4.69, 9.17) is 4.42 Å². The number of benzene rings is 1. The van der Waals surface area contributed by atoms with E-state index >= 15 is 0 Å². The Morgan fingerprint density at radius 2 is 2.00 bits per heavy atom. The second-order valence-electron chi connectivity index (χ2n) is 5.20. The molecule has 0 aliphatic rings. The van der Waals surface area contributed by atoms with Gasteiger partial charge < -0.3 is 9.32 Å². The highest BCUT2D eigenvalue weighted by atomic mass is 32.2. The molecule has 0 aliphatic carbocycles. The van der Waals surface area contributed by atoms with E-state index < -0.39 is 0 Å². The zero-order chi connectivity index (χ0) is 16.8. The zero-order valence-corrected chi connectivity index (χ0v) is 14.5. The molecule has 0 unspecified atom stereocenters. The molecule has 3 aromatic rings. The van der Waals surface area contributed by atoms with Crippen LogP contribution in [0.4, 0.5) is 4.39 Å². The summed E-state index contributed by atoms with van der Waals surface area (Å²) in [5.74, 6) is 0.802. The van der Waals surface area contributed by atoms with Crippen molar-refractivity contribution >= 4 is 29.0 Å². The average molecular weight is 361 g/mol. The second kappa shape index (κ2) is 8.17. The molecule has 0 radical (unpaired) electrons. The third kappa shape index (κ3) is 4.72. The van der Waals surface area contributed by atoms with Crippen LogP contribution in [0, 0.1) is 5.82 Å². The van der Waals surface area contributed by atoms with E-state index in [1.807, 2.05) is 29.0 Å². The number of hydrogen-bond donors (Lipinski definition) is 0. The van der Waals surface area contributed by atoms with Gasteiger partial charge in [0.1, 0.15) is 11.6 Å². The van der Waals surface area contributed by atoms with Crippen molar-refractivity contribution in [2.45, 2.75) is 18.0 Å². The molecular weight excluding hydrogens is 345 g/mol. The first-order valence-electron chi connectivity index (χ1n) is 7.40. The molecule has 0 saturated heterocycles. The monoisotopic (exact) mass is 361 g/mol. The lowest BCUT2D eigenvalue weighted by atomic mass is 10.3. The SMILES string of the molecule is O=C(CSc1ccc(F)cc1)N(Cc1ccsc1)Cc1ccco1. The first-order valence-corrected chi connectivity index (χ1v) is 9.33. The van der Waals surface area contributed by atoms with Crippen molar-refractivity contribution in [2.75, 3.05) is 5.75 Å². The summed E-state index contributed by atoms with van der Waals surface area (Å²) >= 11 is 3.02. The number of furan rings is 1. The summed E-state index contributed by atoms with van der Waals surface area (Å²) in [4.78, 5) is 15.3. The van der Waals surface area contributed by atoms with Crippen LogP contribution in [0.2, 0.25) is 0 Å². The fourth-order valence-electron chi connectivity index (χ4n) is 2.19. The van der Waals surface area contributed by atoms with E-state index in [-0.39, 0.29) is 11.7 Å². The van der Waals surface area contributed by atoms with Gasteiger partial charge >= 0.3 is 0 Å². The Bertz CT molecular complexity index is 719. The van der Waals surface area contributed by atoms with Gasteiger partial charge in [0.15, 0.2) is 0 Å².